The van der Waals surface area contributed by atoms with E-state index in [9.17, 15) is 5.26 Å². The normalized spacial score (nSPS) is 15.9. The van der Waals surface area contributed by atoms with Gasteiger partial charge in [0.2, 0.25) is 0 Å². The van der Waals surface area contributed by atoms with E-state index in [1.165, 1.54) is 12.8 Å². The summed E-state index contributed by atoms with van der Waals surface area (Å²) in [4.78, 5) is 2.27. The van der Waals surface area contributed by atoms with Gasteiger partial charge in [-0.15, -0.1) is 0 Å². The van der Waals surface area contributed by atoms with Crippen LogP contribution in [0.3, 0.4) is 0 Å². The van der Waals surface area contributed by atoms with E-state index in [2.05, 4.69) is 17.9 Å². The van der Waals surface area contributed by atoms with Gasteiger partial charge in [-0.2, -0.15) is 5.26 Å². The van der Waals surface area contributed by atoms with Gasteiger partial charge in [0.05, 0.1) is 17.9 Å². The SMILES string of the molecule is COCCN(c1ccc(Cl)cc1C#N)C(C)C1CC1. The van der Waals surface area contributed by atoms with E-state index in [1.807, 2.05) is 12.1 Å². The molecule has 0 aliphatic heterocycles. The largest absolute Gasteiger partial charge is 0.383 e. The number of nitriles is 1. The molecule has 1 saturated carbocycles. The summed E-state index contributed by atoms with van der Waals surface area (Å²) in [7, 11) is 1.70. The molecule has 1 aliphatic rings. The molecule has 0 radical (unpaired) electrons. The molecule has 2 rings (SSSR count). The Hall–Kier alpha value is -1.24. The Morgan fingerprint density at radius 1 is 1.53 bits per heavy atom. The maximum atomic E-state index is 9.29. The Bertz CT molecular complexity index is 480. The highest BCUT2D eigenvalue weighted by Crippen LogP contribution is 2.37. The number of nitrogens with zero attached hydrogens (tertiary/aromatic N) is 2. The molecule has 0 amide bonds. The first-order valence-electron chi connectivity index (χ1n) is 6.62. The van der Waals surface area contributed by atoms with Crippen molar-refractivity contribution >= 4 is 17.3 Å². The van der Waals surface area contributed by atoms with Gasteiger partial charge >= 0.3 is 0 Å². The van der Waals surface area contributed by atoms with Gasteiger partial charge in [0.25, 0.3) is 0 Å². The number of rotatable bonds is 6. The molecule has 0 heterocycles. The predicted molar refractivity (Wildman–Crippen MR) is 77.6 cm³/mol. The highest BCUT2D eigenvalue weighted by Gasteiger charge is 2.32. The highest BCUT2D eigenvalue weighted by atomic mass is 35.5. The Kier molecular flexibility index (Phi) is 4.68. The number of hydrogen-bond acceptors (Lipinski definition) is 3. The molecule has 1 aromatic rings. The lowest BCUT2D eigenvalue weighted by atomic mass is 10.1. The zero-order valence-electron chi connectivity index (χ0n) is 11.4. The molecule has 102 valence electrons. The first kappa shape index (κ1) is 14.2. The molecule has 19 heavy (non-hydrogen) atoms. The van der Waals surface area contributed by atoms with E-state index in [0.717, 1.165) is 18.2 Å². The minimum Gasteiger partial charge on any atom is -0.383 e. The van der Waals surface area contributed by atoms with Crippen molar-refractivity contribution in [3.63, 3.8) is 0 Å². The Morgan fingerprint density at radius 3 is 2.84 bits per heavy atom. The third-order valence-corrected chi connectivity index (χ3v) is 3.96. The lowest BCUT2D eigenvalue weighted by molar-refractivity contribution is 0.202. The number of methoxy groups -OCH3 is 1. The highest BCUT2D eigenvalue weighted by molar-refractivity contribution is 6.30. The molecule has 1 aliphatic carbocycles. The van der Waals surface area contributed by atoms with Gasteiger partial charge in [0, 0.05) is 24.7 Å². The van der Waals surface area contributed by atoms with Crippen molar-refractivity contribution in [2.75, 3.05) is 25.2 Å². The Balaban J connectivity index is 2.28. The minimum atomic E-state index is 0.434. The van der Waals surface area contributed by atoms with Gasteiger partial charge in [0.15, 0.2) is 0 Å². The molecule has 0 N–H and O–H groups in total. The predicted octanol–water partition coefficient (Wildman–Crippen LogP) is 3.46. The third kappa shape index (κ3) is 3.40. The molecule has 0 spiro atoms. The van der Waals surface area contributed by atoms with E-state index in [-0.39, 0.29) is 0 Å². The van der Waals surface area contributed by atoms with E-state index in [0.29, 0.717) is 23.2 Å². The van der Waals surface area contributed by atoms with E-state index < -0.39 is 0 Å². The van der Waals surface area contributed by atoms with E-state index >= 15 is 0 Å². The average Bonchev–Trinajstić information content (AvgIpc) is 3.24. The van der Waals surface area contributed by atoms with Crippen LogP contribution in [0.5, 0.6) is 0 Å². The Labute approximate surface area is 119 Å². The summed E-state index contributed by atoms with van der Waals surface area (Å²) in [5.41, 5.74) is 1.60. The molecule has 1 fully saturated rings. The summed E-state index contributed by atoms with van der Waals surface area (Å²) in [5.74, 6) is 0.735. The fourth-order valence-corrected chi connectivity index (χ4v) is 2.59. The third-order valence-electron chi connectivity index (χ3n) is 3.72. The quantitative estimate of drug-likeness (QED) is 0.799. The summed E-state index contributed by atoms with van der Waals surface area (Å²) in [6.45, 7) is 3.68. The monoisotopic (exact) mass is 278 g/mol. The van der Waals surface area contributed by atoms with Crippen LogP contribution in [-0.2, 0) is 4.74 Å². The summed E-state index contributed by atoms with van der Waals surface area (Å²) in [5, 5.41) is 9.89. The first-order chi connectivity index (χ1) is 9.17. The first-order valence-corrected chi connectivity index (χ1v) is 7.00. The lowest BCUT2D eigenvalue weighted by Gasteiger charge is -2.32. The number of benzene rings is 1. The van der Waals surface area contributed by atoms with E-state index in [4.69, 9.17) is 16.3 Å². The van der Waals surface area contributed by atoms with Crippen LogP contribution in [0, 0.1) is 17.2 Å². The second kappa shape index (κ2) is 6.27. The summed E-state index contributed by atoms with van der Waals surface area (Å²) in [6, 6.07) is 8.19. The average molecular weight is 279 g/mol. The molecule has 0 aromatic heterocycles. The maximum Gasteiger partial charge on any atom is 0.101 e. The zero-order chi connectivity index (χ0) is 13.8. The standard InChI is InChI=1S/C15H19ClN2O/c1-11(12-3-4-12)18(7-8-19-2)15-6-5-14(16)9-13(15)10-17/h5-6,9,11-12H,3-4,7-8H2,1-2H3. The number of hydrogen-bond donors (Lipinski definition) is 0. The smallest absolute Gasteiger partial charge is 0.101 e. The van der Waals surface area contributed by atoms with Crippen LogP contribution in [0.25, 0.3) is 0 Å². The van der Waals surface area contributed by atoms with Gasteiger partial charge in [0.1, 0.15) is 6.07 Å². The van der Waals surface area contributed by atoms with Crippen LogP contribution >= 0.6 is 11.6 Å². The molecule has 3 nitrogen and oxygen atoms in total. The van der Waals surface area contributed by atoms with Crippen LogP contribution in [-0.4, -0.2) is 26.3 Å². The molecule has 0 saturated heterocycles. The van der Waals surface area contributed by atoms with Crippen LogP contribution in [0.2, 0.25) is 5.02 Å². The molecule has 1 unspecified atom stereocenters. The fourth-order valence-electron chi connectivity index (χ4n) is 2.41. The minimum absolute atomic E-state index is 0.434. The molecular formula is C15H19ClN2O. The number of anilines is 1. The second-order valence-electron chi connectivity index (χ2n) is 5.04. The number of ether oxygens (including phenoxy) is 1. The van der Waals surface area contributed by atoms with Crippen molar-refractivity contribution < 1.29 is 4.74 Å². The van der Waals surface area contributed by atoms with Gasteiger partial charge in [-0.05, 0) is 43.9 Å². The van der Waals surface area contributed by atoms with Gasteiger partial charge in [-0.1, -0.05) is 11.6 Å². The topological polar surface area (TPSA) is 36.3 Å². The van der Waals surface area contributed by atoms with E-state index in [1.54, 1.807) is 13.2 Å². The lowest BCUT2D eigenvalue weighted by Crippen LogP contribution is -2.37. The van der Waals surface area contributed by atoms with Crippen molar-refractivity contribution in [1.29, 1.82) is 5.26 Å². The van der Waals surface area contributed by atoms with Crippen molar-refractivity contribution in [3.8, 4) is 6.07 Å². The summed E-state index contributed by atoms with van der Waals surface area (Å²) < 4.78 is 5.19. The molecule has 0 bridgehead atoms. The van der Waals surface area contributed by atoms with Gasteiger partial charge in [-0.3, -0.25) is 0 Å². The van der Waals surface area contributed by atoms with Crippen molar-refractivity contribution in [1.82, 2.24) is 0 Å². The molecule has 4 heteroatoms. The zero-order valence-corrected chi connectivity index (χ0v) is 12.2. The molecular weight excluding hydrogens is 260 g/mol. The summed E-state index contributed by atoms with van der Waals surface area (Å²) >= 11 is 5.96. The van der Waals surface area contributed by atoms with Crippen LogP contribution < -0.4 is 4.90 Å². The van der Waals surface area contributed by atoms with Gasteiger partial charge < -0.3 is 9.64 Å². The van der Waals surface area contributed by atoms with Crippen LogP contribution in [0.15, 0.2) is 18.2 Å². The van der Waals surface area contributed by atoms with Crippen LogP contribution in [0.4, 0.5) is 5.69 Å². The second-order valence-corrected chi connectivity index (χ2v) is 5.47. The van der Waals surface area contributed by atoms with Gasteiger partial charge in [-0.25, -0.2) is 0 Å². The maximum absolute atomic E-state index is 9.29. The van der Waals surface area contributed by atoms with Crippen molar-refractivity contribution in [2.45, 2.75) is 25.8 Å². The summed E-state index contributed by atoms with van der Waals surface area (Å²) in [6.07, 6.45) is 2.56. The molecule has 1 aromatic carbocycles. The van der Waals surface area contributed by atoms with Crippen molar-refractivity contribution in [2.24, 2.45) is 5.92 Å². The van der Waals surface area contributed by atoms with Crippen LogP contribution in [0.1, 0.15) is 25.3 Å². The van der Waals surface area contributed by atoms with Crippen molar-refractivity contribution in [3.05, 3.63) is 28.8 Å². The fraction of sp³-hybridized carbons (Fsp3) is 0.533. The number of halogens is 1. The molecule has 1 atom stereocenters. The Morgan fingerprint density at radius 2 is 2.26 bits per heavy atom.